The van der Waals surface area contributed by atoms with Crippen molar-refractivity contribution in [2.24, 2.45) is 11.8 Å². The van der Waals surface area contributed by atoms with Gasteiger partial charge >= 0.3 is 0 Å². The molecule has 0 radical (unpaired) electrons. The molecule has 1 aliphatic carbocycles. The van der Waals surface area contributed by atoms with E-state index >= 15 is 0 Å². The molecule has 0 bridgehead atoms. The van der Waals surface area contributed by atoms with Crippen molar-refractivity contribution >= 4 is 17.6 Å². The number of hydrogen-bond acceptors (Lipinski definition) is 7. The van der Waals surface area contributed by atoms with Crippen LogP contribution in [0.1, 0.15) is 97.8 Å². The van der Waals surface area contributed by atoms with Crippen molar-refractivity contribution in [1.29, 1.82) is 0 Å². The summed E-state index contributed by atoms with van der Waals surface area (Å²) in [5.74, 6) is -2.86. The first kappa shape index (κ1) is 28.6. The number of nitrogens with zero attached hydrogens (tertiary/aromatic N) is 6. The van der Waals surface area contributed by atoms with E-state index in [0.717, 1.165) is 37.1 Å². The molecule has 42 heavy (non-hydrogen) atoms. The zero-order chi connectivity index (χ0) is 29.3. The Bertz CT molecular complexity index is 1420. The number of carbonyl (C=O) groups is 2. The van der Waals surface area contributed by atoms with Gasteiger partial charge in [0.15, 0.2) is 0 Å². The van der Waals surface area contributed by atoms with E-state index < -0.39 is 12.0 Å². The van der Waals surface area contributed by atoms with Crippen LogP contribution in [0.3, 0.4) is 0 Å². The van der Waals surface area contributed by atoms with Crippen LogP contribution in [0.2, 0.25) is 0 Å². The molecule has 2 saturated heterocycles. The zero-order valence-corrected chi connectivity index (χ0v) is 23.9. The molecule has 2 N–H and O–H groups in total. The molecule has 5 heterocycles. The molecule has 11 nitrogen and oxygen atoms in total. The fraction of sp³-hybridized carbons (Fsp3) is 0.655. The summed E-state index contributed by atoms with van der Waals surface area (Å²) in [6.07, 6.45) is 7.18. The van der Waals surface area contributed by atoms with Crippen molar-refractivity contribution in [2.75, 3.05) is 19.8 Å². The number of rotatable bonds is 8. The van der Waals surface area contributed by atoms with E-state index in [2.05, 4.69) is 15.7 Å². The van der Waals surface area contributed by atoms with Crippen molar-refractivity contribution < 1.29 is 23.1 Å². The fourth-order valence-corrected chi connectivity index (χ4v) is 6.56. The van der Waals surface area contributed by atoms with E-state index in [1.807, 2.05) is 6.92 Å². The molecule has 0 spiro atoms. The van der Waals surface area contributed by atoms with Gasteiger partial charge < -0.3 is 15.4 Å². The number of halogens is 2. The van der Waals surface area contributed by atoms with Gasteiger partial charge in [0.2, 0.25) is 11.8 Å². The first-order chi connectivity index (χ1) is 20.3. The van der Waals surface area contributed by atoms with E-state index in [1.165, 1.54) is 0 Å². The van der Waals surface area contributed by atoms with Crippen LogP contribution in [0, 0.1) is 11.8 Å². The monoisotopic (exact) mass is 584 g/mol. The maximum Gasteiger partial charge on any atom is 0.270 e. The molecule has 2 atom stereocenters. The lowest BCUT2D eigenvalue weighted by Crippen LogP contribution is -2.38. The van der Waals surface area contributed by atoms with Crippen LogP contribution in [-0.2, 0) is 22.5 Å². The summed E-state index contributed by atoms with van der Waals surface area (Å²) in [4.78, 5) is 35.8. The molecule has 3 aromatic rings. The van der Waals surface area contributed by atoms with Gasteiger partial charge in [-0.1, -0.05) is 0 Å². The third-order valence-electron chi connectivity index (χ3n) is 8.97. The molecule has 1 saturated carbocycles. The second kappa shape index (κ2) is 12.0. The standard InChI is InChI=1S/C29H38F2N8O3/c1-2-38-23(7-13-33-38)27(41)35-25(18-5-10-29(30,31)11-6-18)22-17-39-28(34-22)36-24(19-8-14-42-15-9-19)21(37-39)16-20-4-3-12-32-26(20)40/h7,13,17-20,25H,2-6,8-12,14-16H2,1H3,(H,32,40)(H,35,41). The van der Waals surface area contributed by atoms with Crippen molar-refractivity contribution in [3.63, 3.8) is 0 Å². The summed E-state index contributed by atoms with van der Waals surface area (Å²) >= 11 is 0. The van der Waals surface area contributed by atoms with Gasteiger partial charge in [-0.05, 0) is 57.4 Å². The number of imidazole rings is 1. The summed E-state index contributed by atoms with van der Waals surface area (Å²) in [7, 11) is 0. The molecule has 13 heteroatoms. The predicted molar refractivity (Wildman–Crippen MR) is 148 cm³/mol. The average molecular weight is 585 g/mol. The van der Waals surface area contributed by atoms with Crippen molar-refractivity contribution in [1.82, 2.24) is 40.0 Å². The fourth-order valence-electron chi connectivity index (χ4n) is 6.56. The van der Waals surface area contributed by atoms with E-state index in [-0.39, 0.29) is 55.3 Å². The Labute approximate surface area is 242 Å². The number of hydrogen-bond donors (Lipinski definition) is 2. The first-order valence-electron chi connectivity index (χ1n) is 15.1. The van der Waals surface area contributed by atoms with Crippen LogP contribution < -0.4 is 10.6 Å². The van der Waals surface area contributed by atoms with Gasteiger partial charge in [-0.25, -0.2) is 23.3 Å². The maximum absolute atomic E-state index is 14.1. The van der Waals surface area contributed by atoms with E-state index in [9.17, 15) is 18.4 Å². The van der Waals surface area contributed by atoms with Crippen molar-refractivity contribution in [3.05, 3.63) is 41.2 Å². The second-order valence-electron chi connectivity index (χ2n) is 11.8. The number of nitrogens with one attached hydrogen (secondary N) is 2. The van der Waals surface area contributed by atoms with Crippen LogP contribution in [-0.4, -0.2) is 66.9 Å². The summed E-state index contributed by atoms with van der Waals surface area (Å²) in [6, 6.07) is 1.04. The minimum atomic E-state index is -2.70. The lowest BCUT2D eigenvalue weighted by Gasteiger charge is -2.33. The Balaban J connectivity index is 1.36. The van der Waals surface area contributed by atoms with Gasteiger partial charge in [0.1, 0.15) is 5.69 Å². The van der Waals surface area contributed by atoms with E-state index in [4.69, 9.17) is 19.8 Å². The predicted octanol–water partition coefficient (Wildman–Crippen LogP) is 3.60. The molecule has 226 valence electrons. The summed E-state index contributed by atoms with van der Waals surface area (Å²) < 4.78 is 37.0. The second-order valence-corrected chi connectivity index (χ2v) is 11.8. The Morgan fingerprint density at radius 1 is 1.19 bits per heavy atom. The highest BCUT2D eigenvalue weighted by atomic mass is 19.3. The van der Waals surface area contributed by atoms with Gasteiger partial charge in [0, 0.05) is 63.6 Å². The highest BCUT2D eigenvalue weighted by molar-refractivity contribution is 5.92. The molecule has 2 amide bonds. The lowest BCUT2D eigenvalue weighted by atomic mass is 9.81. The van der Waals surface area contributed by atoms with Crippen LogP contribution in [0.5, 0.6) is 0 Å². The molecule has 2 aliphatic heterocycles. The van der Waals surface area contributed by atoms with Crippen LogP contribution in [0.4, 0.5) is 8.78 Å². The Morgan fingerprint density at radius 3 is 2.71 bits per heavy atom. The SMILES string of the molecule is CCn1nccc1C(=O)NC(c1cn2nc(CC3CCCNC3=O)c(C3CCOCC3)nc2n1)C1CCC(F)(F)CC1. The van der Waals surface area contributed by atoms with Crippen molar-refractivity contribution in [3.8, 4) is 0 Å². The number of amides is 2. The van der Waals surface area contributed by atoms with Gasteiger partial charge in [-0.2, -0.15) is 10.2 Å². The molecule has 3 fully saturated rings. The molecule has 2 unspecified atom stereocenters. The van der Waals surface area contributed by atoms with E-state index in [0.29, 0.717) is 49.9 Å². The molecule has 3 aromatic heterocycles. The smallest absolute Gasteiger partial charge is 0.270 e. The Kier molecular flexibility index (Phi) is 8.19. The van der Waals surface area contributed by atoms with Gasteiger partial charge in [0.05, 0.1) is 29.3 Å². The normalized spacial score (nSPS) is 22.6. The minimum Gasteiger partial charge on any atom is -0.381 e. The van der Waals surface area contributed by atoms with Gasteiger partial charge in [0.25, 0.3) is 11.7 Å². The minimum absolute atomic E-state index is 0.0376. The summed E-state index contributed by atoms with van der Waals surface area (Å²) in [6.45, 7) is 4.38. The average Bonchev–Trinajstić information content (AvgIpc) is 3.64. The quantitative estimate of drug-likeness (QED) is 0.414. The Hall–Kier alpha value is -3.48. The zero-order valence-electron chi connectivity index (χ0n) is 23.9. The Morgan fingerprint density at radius 2 is 1.98 bits per heavy atom. The third kappa shape index (κ3) is 6.02. The van der Waals surface area contributed by atoms with Crippen LogP contribution in [0.15, 0.2) is 18.5 Å². The molecular formula is C29H38F2N8O3. The lowest BCUT2D eigenvalue weighted by molar-refractivity contribution is -0.126. The van der Waals surface area contributed by atoms with Crippen LogP contribution in [0.25, 0.3) is 5.78 Å². The summed E-state index contributed by atoms with van der Waals surface area (Å²) in [5, 5.41) is 15.2. The van der Waals surface area contributed by atoms with E-state index in [1.54, 1.807) is 27.7 Å². The highest BCUT2D eigenvalue weighted by Crippen LogP contribution is 2.41. The third-order valence-corrected chi connectivity index (χ3v) is 8.97. The number of ether oxygens (including phenoxy) is 1. The number of fused-ring (bicyclic) bond motifs is 1. The number of piperidine rings is 1. The summed E-state index contributed by atoms with van der Waals surface area (Å²) in [5.41, 5.74) is 2.54. The van der Waals surface area contributed by atoms with Gasteiger partial charge in [-0.15, -0.1) is 0 Å². The number of carbonyl (C=O) groups excluding carboxylic acids is 2. The number of alkyl halides is 2. The largest absolute Gasteiger partial charge is 0.381 e. The number of aryl methyl sites for hydroxylation is 1. The first-order valence-corrected chi connectivity index (χ1v) is 15.1. The highest BCUT2D eigenvalue weighted by Gasteiger charge is 2.40. The maximum atomic E-state index is 14.1. The molecule has 0 aromatic carbocycles. The van der Waals surface area contributed by atoms with Gasteiger partial charge in [-0.3, -0.25) is 14.3 Å². The number of aromatic nitrogens is 6. The topological polar surface area (TPSA) is 128 Å². The molecule has 3 aliphatic rings. The van der Waals surface area contributed by atoms with Crippen molar-refractivity contribution in [2.45, 2.75) is 89.1 Å². The molecular weight excluding hydrogens is 546 g/mol. The molecule has 6 rings (SSSR count). The van der Waals surface area contributed by atoms with Crippen LogP contribution >= 0.6 is 0 Å².